The summed E-state index contributed by atoms with van der Waals surface area (Å²) in [6.45, 7) is 4.30. The number of aryl methyl sites for hydroxylation is 1. The number of benzene rings is 2. The largest absolute Gasteiger partial charge is 0.486 e. The summed E-state index contributed by atoms with van der Waals surface area (Å²) in [6.07, 6.45) is 0.579. The fraction of sp³-hybridized carbons (Fsp3) is 0.250. The van der Waals surface area contributed by atoms with Gasteiger partial charge in [0.1, 0.15) is 25.4 Å². The molecule has 0 spiro atoms. The van der Waals surface area contributed by atoms with Crippen LogP contribution in [-0.4, -0.2) is 35.9 Å². The second-order valence-electron chi connectivity index (χ2n) is 6.15. The average molecular weight is 383 g/mol. The zero-order valence-electron chi connectivity index (χ0n) is 15.4. The molecule has 1 aromatic heterocycles. The van der Waals surface area contributed by atoms with Crippen LogP contribution in [0.4, 0.5) is 20.7 Å². The highest BCUT2D eigenvalue weighted by Gasteiger charge is 2.27. The third kappa shape index (κ3) is 3.06. The van der Waals surface area contributed by atoms with Gasteiger partial charge in [0.25, 0.3) is 0 Å². The molecule has 1 aliphatic rings. The van der Waals surface area contributed by atoms with E-state index in [1.165, 1.54) is 12.4 Å². The monoisotopic (exact) mass is 383 g/mol. The topological polar surface area (TPSA) is 73.8 Å². The molecular formula is C20H18FN3O4. The molecule has 0 unspecified atom stereocenters. The summed E-state index contributed by atoms with van der Waals surface area (Å²) >= 11 is 0. The number of amides is 1. The van der Waals surface area contributed by atoms with E-state index in [1.54, 1.807) is 38.1 Å². The highest BCUT2D eigenvalue weighted by atomic mass is 19.1. The van der Waals surface area contributed by atoms with Crippen molar-refractivity contribution in [1.82, 2.24) is 9.97 Å². The van der Waals surface area contributed by atoms with Crippen LogP contribution in [0.2, 0.25) is 0 Å². The number of rotatable bonds is 3. The van der Waals surface area contributed by atoms with E-state index >= 15 is 0 Å². The zero-order chi connectivity index (χ0) is 19.7. The summed E-state index contributed by atoms with van der Waals surface area (Å²) in [6, 6.07) is 8.21. The first-order valence-corrected chi connectivity index (χ1v) is 8.86. The molecule has 1 amide bonds. The van der Waals surface area contributed by atoms with E-state index < -0.39 is 11.9 Å². The van der Waals surface area contributed by atoms with Gasteiger partial charge in [-0.15, -0.1) is 0 Å². The highest BCUT2D eigenvalue weighted by Crippen LogP contribution is 2.39. The number of aromatic nitrogens is 2. The molecule has 28 heavy (non-hydrogen) atoms. The molecule has 0 bridgehead atoms. The summed E-state index contributed by atoms with van der Waals surface area (Å²) in [5.41, 5.74) is 0.990. The Bertz CT molecular complexity index is 1060. The van der Waals surface area contributed by atoms with E-state index in [0.717, 1.165) is 4.90 Å². The summed E-state index contributed by atoms with van der Waals surface area (Å²) in [5, 5.41) is 0.515. The van der Waals surface area contributed by atoms with Gasteiger partial charge < -0.3 is 14.2 Å². The minimum atomic E-state index is -0.734. The molecule has 7 nitrogen and oxygen atoms in total. The number of hydrogen-bond donors (Lipinski definition) is 0. The molecule has 0 atom stereocenters. The van der Waals surface area contributed by atoms with Crippen molar-refractivity contribution in [3.05, 3.63) is 48.0 Å². The van der Waals surface area contributed by atoms with E-state index in [2.05, 4.69) is 9.97 Å². The number of halogens is 1. The fourth-order valence-electron chi connectivity index (χ4n) is 3.05. The first-order valence-electron chi connectivity index (χ1n) is 8.86. The maximum Gasteiger partial charge on any atom is 0.420 e. The summed E-state index contributed by atoms with van der Waals surface area (Å²) in [7, 11) is 0. The molecule has 144 valence electrons. The fourth-order valence-corrected chi connectivity index (χ4v) is 3.05. The smallest absolute Gasteiger partial charge is 0.420 e. The van der Waals surface area contributed by atoms with E-state index in [4.69, 9.17) is 14.2 Å². The number of carbonyl (C=O) groups is 1. The lowest BCUT2D eigenvalue weighted by molar-refractivity contribution is 0.162. The van der Waals surface area contributed by atoms with Crippen molar-refractivity contribution in [3.8, 4) is 11.5 Å². The van der Waals surface area contributed by atoms with Crippen molar-refractivity contribution in [2.45, 2.75) is 13.8 Å². The summed E-state index contributed by atoms with van der Waals surface area (Å²) in [4.78, 5) is 22.4. The van der Waals surface area contributed by atoms with Crippen LogP contribution in [0.3, 0.4) is 0 Å². The zero-order valence-corrected chi connectivity index (χ0v) is 15.4. The van der Waals surface area contributed by atoms with Crippen molar-refractivity contribution in [2.24, 2.45) is 0 Å². The molecule has 0 saturated heterocycles. The SMILES string of the molecule is CCOC(=O)N(c1cccc(C)c1F)c1ncnc2cc3c(cc12)OCCO3. The Hall–Kier alpha value is -3.42. The van der Waals surface area contributed by atoms with Gasteiger partial charge in [-0.1, -0.05) is 12.1 Å². The minimum Gasteiger partial charge on any atom is -0.486 e. The van der Waals surface area contributed by atoms with Crippen molar-refractivity contribution < 1.29 is 23.4 Å². The van der Waals surface area contributed by atoms with E-state index in [0.29, 0.717) is 41.2 Å². The van der Waals surface area contributed by atoms with Gasteiger partial charge >= 0.3 is 6.09 Å². The lowest BCUT2D eigenvalue weighted by Gasteiger charge is -2.24. The Balaban J connectivity index is 1.94. The maximum atomic E-state index is 14.9. The van der Waals surface area contributed by atoms with Gasteiger partial charge in [0.15, 0.2) is 17.3 Å². The maximum absolute atomic E-state index is 14.9. The molecule has 2 aromatic carbocycles. The number of fused-ring (bicyclic) bond motifs is 2. The Labute approximate surface area is 160 Å². The summed E-state index contributed by atoms with van der Waals surface area (Å²) in [5.74, 6) is 0.751. The van der Waals surface area contributed by atoms with Gasteiger partial charge in [-0.2, -0.15) is 0 Å². The molecular weight excluding hydrogens is 365 g/mol. The Kier molecular flexibility index (Phi) is 4.68. The standard InChI is InChI=1S/C20H18FN3O4/c1-3-26-20(25)24(15-6-4-5-12(2)18(15)21)19-13-9-16-17(28-8-7-27-16)10-14(13)22-11-23-19/h4-6,9-11H,3,7-8H2,1-2H3. The van der Waals surface area contributed by atoms with Gasteiger partial charge in [-0.3, -0.25) is 0 Å². The highest BCUT2D eigenvalue weighted by molar-refractivity contribution is 6.04. The lowest BCUT2D eigenvalue weighted by atomic mass is 10.1. The molecule has 1 aliphatic heterocycles. The molecule has 4 rings (SSSR count). The molecule has 3 aromatic rings. The number of nitrogens with zero attached hydrogens (tertiary/aromatic N) is 3. The molecule has 0 N–H and O–H groups in total. The van der Waals surface area contributed by atoms with Crippen LogP contribution in [0, 0.1) is 12.7 Å². The quantitative estimate of drug-likeness (QED) is 0.677. The normalized spacial score (nSPS) is 12.7. The van der Waals surface area contributed by atoms with E-state index in [9.17, 15) is 9.18 Å². The van der Waals surface area contributed by atoms with Crippen LogP contribution in [0.15, 0.2) is 36.7 Å². The molecule has 0 aliphatic carbocycles. The number of ether oxygens (including phenoxy) is 3. The third-order valence-electron chi connectivity index (χ3n) is 4.35. The number of carbonyl (C=O) groups excluding carboxylic acids is 1. The van der Waals surface area contributed by atoms with E-state index in [1.807, 2.05) is 0 Å². The van der Waals surface area contributed by atoms with Gasteiger partial charge in [0, 0.05) is 11.5 Å². The van der Waals surface area contributed by atoms with Crippen LogP contribution in [0.25, 0.3) is 10.9 Å². The molecule has 0 fully saturated rings. The van der Waals surface area contributed by atoms with Crippen LogP contribution < -0.4 is 14.4 Å². The van der Waals surface area contributed by atoms with Gasteiger partial charge in [0.05, 0.1) is 17.8 Å². The Morgan fingerprint density at radius 1 is 1.21 bits per heavy atom. The predicted molar refractivity (Wildman–Crippen MR) is 101 cm³/mol. The minimum absolute atomic E-state index is 0.0494. The number of hydrogen-bond acceptors (Lipinski definition) is 6. The first kappa shape index (κ1) is 18.0. The van der Waals surface area contributed by atoms with Crippen molar-refractivity contribution in [1.29, 1.82) is 0 Å². The Morgan fingerprint density at radius 3 is 2.71 bits per heavy atom. The second-order valence-corrected chi connectivity index (χ2v) is 6.15. The lowest BCUT2D eigenvalue weighted by Crippen LogP contribution is -2.29. The molecule has 0 radical (unpaired) electrons. The van der Waals surface area contributed by atoms with E-state index in [-0.39, 0.29) is 18.1 Å². The number of anilines is 2. The van der Waals surface area contributed by atoms with Crippen molar-refractivity contribution in [3.63, 3.8) is 0 Å². The third-order valence-corrected chi connectivity index (χ3v) is 4.35. The van der Waals surface area contributed by atoms with Crippen molar-refractivity contribution >= 4 is 28.5 Å². The molecule has 0 saturated carbocycles. The second kappa shape index (κ2) is 7.30. The average Bonchev–Trinajstić information content (AvgIpc) is 2.70. The predicted octanol–water partition coefficient (Wildman–Crippen LogP) is 4.14. The van der Waals surface area contributed by atoms with Gasteiger partial charge in [0.2, 0.25) is 0 Å². The van der Waals surface area contributed by atoms with Crippen LogP contribution in [0.1, 0.15) is 12.5 Å². The van der Waals surface area contributed by atoms with Gasteiger partial charge in [-0.25, -0.2) is 24.1 Å². The van der Waals surface area contributed by atoms with Crippen LogP contribution in [-0.2, 0) is 4.74 Å². The first-order chi connectivity index (χ1) is 13.6. The van der Waals surface area contributed by atoms with Crippen LogP contribution >= 0.6 is 0 Å². The molecule has 2 heterocycles. The van der Waals surface area contributed by atoms with Crippen LogP contribution in [0.5, 0.6) is 11.5 Å². The molecule has 8 heteroatoms. The Morgan fingerprint density at radius 2 is 1.96 bits per heavy atom. The van der Waals surface area contributed by atoms with Crippen molar-refractivity contribution in [2.75, 3.05) is 24.7 Å². The summed E-state index contributed by atoms with van der Waals surface area (Å²) < 4.78 is 31.3. The van der Waals surface area contributed by atoms with Gasteiger partial charge in [-0.05, 0) is 31.5 Å².